The van der Waals surface area contributed by atoms with E-state index in [1.165, 1.54) is 4.90 Å². The van der Waals surface area contributed by atoms with Crippen LogP contribution in [0, 0.1) is 11.8 Å². The van der Waals surface area contributed by atoms with Gasteiger partial charge in [-0.15, -0.1) is 0 Å². The average molecular weight is 472 g/mol. The van der Waals surface area contributed by atoms with Gasteiger partial charge in [0.05, 0.1) is 35.0 Å². The van der Waals surface area contributed by atoms with Gasteiger partial charge in [0, 0.05) is 18.3 Å². The molecule has 0 spiro atoms. The van der Waals surface area contributed by atoms with Crippen molar-refractivity contribution in [3.05, 3.63) is 65.5 Å². The molecule has 3 rings (SSSR count). The lowest BCUT2D eigenvalue weighted by Gasteiger charge is -2.30. The van der Waals surface area contributed by atoms with E-state index in [9.17, 15) is 19.8 Å². The SMILES string of the molecule is C=C(O)[C@H](C(=O)N1CCC[C@H]1C(=O)N[C@@H](CO)c1ccc(-c2ncccc2Cl)cc1)C(C)C. The Morgan fingerprint density at radius 1 is 1.27 bits per heavy atom. The Morgan fingerprint density at radius 2 is 1.97 bits per heavy atom. The number of carbonyl (C=O) groups excluding carboxylic acids is 2. The van der Waals surface area contributed by atoms with E-state index in [0.29, 0.717) is 30.1 Å². The van der Waals surface area contributed by atoms with E-state index in [0.717, 1.165) is 11.1 Å². The maximum absolute atomic E-state index is 13.1. The molecule has 0 saturated carbocycles. The van der Waals surface area contributed by atoms with Crippen molar-refractivity contribution in [1.82, 2.24) is 15.2 Å². The van der Waals surface area contributed by atoms with Crippen molar-refractivity contribution in [2.24, 2.45) is 11.8 Å². The summed E-state index contributed by atoms with van der Waals surface area (Å²) in [6.45, 7) is 7.35. The summed E-state index contributed by atoms with van der Waals surface area (Å²) < 4.78 is 0. The summed E-state index contributed by atoms with van der Waals surface area (Å²) >= 11 is 6.22. The van der Waals surface area contributed by atoms with Crippen LogP contribution in [0.15, 0.2) is 54.9 Å². The normalized spacial score (nSPS) is 17.6. The topological polar surface area (TPSA) is 103 Å². The molecule has 1 aromatic heterocycles. The summed E-state index contributed by atoms with van der Waals surface area (Å²) in [6.07, 6.45) is 2.88. The number of benzene rings is 1. The van der Waals surface area contributed by atoms with Gasteiger partial charge in [-0.3, -0.25) is 14.6 Å². The first-order valence-electron chi connectivity index (χ1n) is 11.0. The predicted octanol–water partition coefficient (Wildman–Crippen LogP) is 3.89. The van der Waals surface area contributed by atoms with Crippen molar-refractivity contribution in [1.29, 1.82) is 0 Å². The number of aromatic nitrogens is 1. The molecular weight excluding hydrogens is 442 g/mol. The zero-order valence-electron chi connectivity index (χ0n) is 18.9. The fourth-order valence-corrected chi connectivity index (χ4v) is 4.50. The van der Waals surface area contributed by atoms with Gasteiger partial charge in [0.25, 0.3) is 0 Å². The molecule has 2 heterocycles. The fraction of sp³-hybridized carbons (Fsp3) is 0.400. The van der Waals surface area contributed by atoms with Crippen LogP contribution in [-0.4, -0.2) is 51.1 Å². The summed E-state index contributed by atoms with van der Waals surface area (Å²) in [4.78, 5) is 31.9. The lowest BCUT2D eigenvalue weighted by atomic mass is 9.92. The van der Waals surface area contributed by atoms with Crippen LogP contribution in [-0.2, 0) is 9.59 Å². The second kappa shape index (κ2) is 10.8. The molecule has 1 aromatic carbocycles. The number of nitrogens with one attached hydrogen (secondary N) is 1. The molecule has 7 nitrogen and oxygen atoms in total. The Bertz CT molecular complexity index is 1010. The smallest absolute Gasteiger partial charge is 0.243 e. The number of hydrogen-bond acceptors (Lipinski definition) is 5. The van der Waals surface area contributed by atoms with Crippen LogP contribution in [0.5, 0.6) is 0 Å². The van der Waals surface area contributed by atoms with Gasteiger partial charge in [-0.05, 0) is 36.5 Å². The van der Waals surface area contributed by atoms with Crippen LogP contribution in [0.1, 0.15) is 38.3 Å². The molecule has 0 aliphatic carbocycles. The second-order valence-corrected chi connectivity index (χ2v) is 9.01. The highest BCUT2D eigenvalue weighted by atomic mass is 35.5. The number of rotatable bonds is 8. The second-order valence-electron chi connectivity index (χ2n) is 8.60. The minimum atomic E-state index is -0.752. The third-order valence-electron chi connectivity index (χ3n) is 5.97. The van der Waals surface area contributed by atoms with Crippen LogP contribution in [0.25, 0.3) is 11.3 Å². The molecule has 8 heteroatoms. The number of carbonyl (C=O) groups is 2. The molecule has 3 N–H and O–H groups in total. The van der Waals surface area contributed by atoms with E-state index in [2.05, 4.69) is 16.9 Å². The highest BCUT2D eigenvalue weighted by Crippen LogP contribution is 2.28. The van der Waals surface area contributed by atoms with Crippen molar-refractivity contribution in [2.45, 2.75) is 38.8 Å². The Kier molecular flexibility index (Phi) is 8.10. The summed E-state index contributed by atoms with van der Waals surface area (Å²) in [5.74, 6) is -1.72. The molecular formula is C25H30ClN3O4. The van der Waals surface area contributed by atoms with Crippen molar-refractivity contribution >= 4 is 23.4 Å². The number of halogens is 1. The molecule has 0 radical (unpaired) electrons. The van der Waals surface area contributed by atoms with Gasteiger partial charge in [-0.25, -0.2) is 0 Å². The fourth-order valence-electron chi connectivity index (χ4n) is 4.27. The summed E-state index contributed by atoms with van der Waals surface area (Å²) in [7, 11) is 0. The highest BCUT2D eigenvalue weighted by molar-refractivity contribution is 6.33. The molecule has 2 aromatic rings. The first-order valence-corrected chi connectivity index (χ1v) is 11.4. The van der Waals surface area contributed by atoms with E-state index in [4.69, 9.17) is 11.6 Å². The monoisotopic (exact) mass is 471 g/mol. The molecule has 3 atom stereocenters. The molecule has 2 amide bonds. The van der Waals surface area contributed by atoms with Crippen molar-refractivity contribution in [3.8, 4) is 11.3 Å². The first kappa shape index (κ1) is 24.7. The predicted molar refractivity (Wildman–Crippen MR) is 127 cm³/mol. The van der Waals surface area contributed by atoms with Gasteiger partial charge < -0.3 is 20.4 Å². The number of amides is 2. The van der Waals surface area contributed by atoms with Gasteiger partial charge in [-0.2, -0.15) is 0 Å². The number of hydrogen-bond donors (Lipinski definition) is 3. The third-order valence-corrected chi connectivity index (χ3v) is 6.28. The van der Waals surface area contributed by atoms with E-state index in [1.54, 1.807) is 18.3 Å². The molecule has 1 aliphatic rings. The molecule has 0 unspecified atom stereocenters. The van der Waals surface area contributed by atoms with Crippen LogP contribution in [0.2, 0.25) is 5.02 Å². The van der Waals surface area contributed by atoms with Gasteiger partial charge in [-0.1, -0.05) is 56.3 Å². The van der Waals surface area contributed by atoms with Crippen LogP contribution in [0.3, 0.4) is 0 Å². The van der Waals surface area contributed by atoms with E-state index >= 15 is 0 Å². The lowest BCUT2D eigenvalue weighted by molar-refractivity contribution is -0.142. The summed E-state index contributed by atoms with van der Waals surface area (Å²) in [5.41, 5.74) is 2.20. The number of nitrogens with zero attached hydrogens (tertiary/aromatic N) is 2. The zero-order chi connectivity index (χ0) is 24.1. The zero-order valence-corrected chi connectivity index (χ0v) is 19.6. The van der Waals surface area contributed by atoms with Crippen molar-refractivity contribution < 1.29 is 19.8 Å². The molecule has 1 fully saturated rings. The van der Waals surface area contributed by atoms with Crippen LogP contribution < -0.4 is 5.32 Å². The number of aliphatic hydroxyl groups is 2. The minimum absolute atomic E-state index is 0.143. The Morgan fingerprint density at radius 3 is 2.55 bits per heavy atom. The average Bonchev–Trinajstić information content (AvgIpc) is 3.27. The van der Waals surface area contributed by atoms with E-state index in [1.807, 2.05) is 38.1 Å². The number of likely N-dealkylation sites (tertiary alicyclic amines) is 1. The molecule has 33 heavy (non-hydrogen) atoms. The van der Waals surface area contributed by atoms with Crippen molar-refractivity contribution in [3.63, 3.8) is 0 Å². The van der Waals surface area contributed by atoms with Gasteiger partial charge in [0.1, 0.15) is 6.04 Å². The maximum atomic E-state index is 13.1. The Labute approximate surface area is 199 Å². The van der Waals surface area contributed by atoms with Gasteiger partial charge in [0.2, 0.25) is 11.8 Å². The van der Waals surface area contributed by atoms with Crippen LogP contribution >= 0.6 is 11.6 Å². The molecule has 0 bridgehead atoms. The van der Waals surface area contributed by atoms with E-state index < -0.39 is 18.0 Å². The quantitative estimate of drug-likeness (QED) is 0.507. The largest absolute Gasteiger partial charge is 0.512 e. The molecule has 176 valence electrons. The van der Waals surface area contributed by atoms with Gasteiger partial charge >= 0.3 is 0 Å². The summed E-state index contributed by atoms with van der Waals surface area (Å²) in [6, 6.07) is 9.53. The maximum Gasteiger partial charge on any atom is 0.243 e. The first-order chi connectivity index (χ1) is 15.7. The van der Waals surface area contributed by atoms with Gasteiger partial charge in [0.15, 0.2) is 0 Å². The highest BCUT2D eigenvalue weighted by Gasteiger charge is 2.39. The third kappa shape index (κ3) is 5.54. The number of pyridine rings is 1. The summed E-state index contributed by atoms with van der Waals surface area (Å²) in [5, 5.41) is 23.2. The van der Waals surface area contributed by atoms with Crippen molar-refractivity contribution in [2.75, 3.05) is 13.2 Å². The molecule has 1 aliphatic heterocycles. The standard InChI is InChI=1S/C25H30ClN3O4/c1-15(2)22(16(3)31)25(33)29-13-5-7-21(29)24(32)28-20(14-30)17-8-10-18(11-9-17)23-19(26)6-4-12-27-23/h4,6,8-12,15,20-22,30-31H,3,5,7,13-14H2,1-2H3,(H,28,32)/t20-,21-,22+/m0/s1. The van der Waals surface area contributed by atoms with Crippen LogP contribution in [0.4, 0.5) is 0 Å². The molecule has 1 saturated heterocycles. The van der Waals surface area contributed by atoms with E-state index in [-0.39, 0.29) is 30.1 Å². The number of aliphatic hydroxyl groups excluding tert-OH is 2. The lowest BCUT2D eigenvalue weighted by Crippen LogP contribution is -2.49. The Balaban J connectivity index is 1.73. The Hall–Kier alpha value is -2.90. The minimum Gasteiger partial charge on any atom is -0.512 e.